The number of carbonyl (C=O) groups excluding carboxylic acids is 1. The number of amides is 1. The number of carbonyl (C=O) groups is 1. The third-order valence-electron chi connectivity index (χ3n) is 4.38. The Hall–Kier alpha value is -2.80. The van der Waals surface area contributed by atoms with Crippen LogP contribution in [0.15, 0.2) is 36.7 Å². The molecule has 26 heavy (non-hydrogen) atoms. The predicted octanol–water partition coefficient (Wildman–Crippen LogP) is 2.89. The summed E-state index contributed by atoms with van der Waals surface area (Å²) in [4.78, 5) is 14.3. The number of hydrogen-bond acceptors (Lipinski definition) is 4. The van der Waals surface area contributed by atoms with E-state index >= 15 is 0 Å². The average molecular weight is 375 g/mol. The van der Waals surface area contributed by atoms with Gasteiger partial charge in [-0.25, -0.2) is 8.91 Å². The second-order valence-electron chi connectivity index (χ2n) is 6.07. The minimum Gasteiger partial charge on any atom is -0.491 e. The maximum atomic E-state index is 13.9. The zero-order valence-corrected chi connectivity index (χ0v) is 14.8. The van der Waals surface area contributed by atoms with Gasteiger partial charge in [-0.1, -0.05) is 11.6 Å². The first-order valence-electron chi connectivity index (χ1n) is 8.11. The van der Waals surface area contributed by atoms with E-state index in [-0.39, 0.29) is 17.5 Å². The molecule has 134 valence electrons. The van der Waals surface area contributed by atoms with Crippen molar-refractivity contribution < 1.29 is 13.9 Å². The fraction of sp³-hybridized carbons (Fsp3) is 0.222. The summed E-state index contributed by atoms with van der Waals surface area (Å²) in [7, 11) is 1.85. The van der Waals surface area contributed by atoms with Gasteiger partial charge in [-0.2, -0.15) is 5.10 Å². The normalized spacial score (nSPS) is 14.9. The van der Waals surface area contributed by atoms with E-state index in [1.54, 1.807) is 29.0 Å². The Morgan fingerprint density at radius 3 is 3.04 bits per heavy atom. The maximum absolute atomic E-state index is 13.9. The van der Waals surface area contributed by atoms with E-state index in [9.17, 15) is 9.18 Å². The number of aromatic nitrogens is 2. The van der Waals surface area contributed by atoms with Gasteiger partial charge in [-0.15, -0.1) is 0 Å². The molecule has 0 unspecified atom stereocenters. The minimum absolute atomic E-state index is 0.0330. The van der Waals surface area contributed by atoms with Crippen LogP contribution >= 0.6 is 11.6 Å². The zero-order valence-electron chi connectivity index (χ0n) is 14.0. The summed E-state index contributed by atoms with van der Waals surface area (Å²) in [6, 6.07) is 6.42. The molecule has 0 saturated heterocycles. The molecule has 0 spiro atoms. The standard InChI is InChI=1S/C18H16ClFN4O2/c1-23-10-13-16(3-2-14(20)17(13)19)26-7-5-21-18(25)12-4-6-24-15(12)8-11(23)9-22-24/h2-4,6,8-9H,5,7,10H2,1H3,(H,21,25). The first-order chi connectivity index (χ1) is 12.5. The number of nitrogens with one attached hydrogen (secondary N) is 1. The van der Waals surface area contributed by atoms with E-state index in [2.05, 4.69) is 10.4 Å². The van der Waals surface area contributed by atoms with Gasteiger partial charge in [0.2, 0.25) is 0 Å². The molecule has 0 saturated carbocycles. The molecule has 3 heterocycles. The smallest absolute Gasteiger partial charge is 0.253 e. The molecule has 1 aromatic carbocycles. The Bertz CT molecular complexity index is 1000. The molecule has 1 aliphatic rings. The van der Waals surface area contributed by atoms with Gasteiger partial charge in [0.25, 0.3) is 5.91 Å². The summed E-state index contributed by atoms with van der Waals surface area (Å²) in [5, 5.41) is 7.19. The van der Waals surface area contributed by atoms with Gasteiger partial charge in [-0.05, 0) is 24.3 Å². The molecule has 1 aliphatic heterocycles. The summed E-state index contributed by atoms with van der Waals surface area (Å²) >= 11 is 6.18. The Morgan fingerprint density at radius 2 is 2.19 bits per heavy atom. The minimum atomic E-state index is -0.498. The molecule has 6 nitrogen and oxygen atoms in total. The highest BCUT2D eigenvalue weighted by Gasteiger charge is 2.18. The van der Waals surface area contributed by atoms with Crippen molar-refractivity contribution in [1.29, 1.82) is 0 Å². The lowest BCUT2D eigenvalue weighted by Crippen LogP contribution is -2.28. The molecular formula is C18H16ClFN4O2. The number of nitrogens with zero attached hydrogens (tertiary/aromatic N) is 3. The van der Waals surface area contributed by atoms with Gasteiger partial charge in [-0.3, -0.25) is 4.79 Å². The number of ether oxygens (including phenoxy) is 1. The molecule has 2 bridgehead atoms. The number of halogens is 2. The van der Waals surface area contributed by atoms with Crippen molar-refractivity contribution in [2.45, 2.75) is 6.54 Å². The molecule has 1 amide bonds. The van der Waals surface area contributed by atoms with Crippen LogP contribution in [-0.2, 0) is 6.54 Å². The molecule has 2 aromatic heterocycles. The van der Waals surface area contributed by atoms with Crippen LogP contribution in [0.1, 0.15) is 15.9 Å². The van der Waals surface area contributed by atoms with Crippen molar-refractivity contribution in [2.24, 2.45) is 0 Å². The molecule has 1 N–H and O–H groups in total. The fourth-order valence-corrected chi connectivity index (χ4v) is 3.20. The quantitative estimate of drug-likeness (QED) is 0.657. The van der Waals surface area contributed by atoms with Gasteiger partial charge in [0.05, 0.1) is 34.5 Å². The van der Waals surface area contributed by atoms with Crippen LogP contribution in [0, 0.1) is 5.82 Å². The Kier molecular flexibility index (Phi) is 4.16. The molecule has 0 atom stereocenters. The summed E-state index contributed by atoms with van der Waals surface area (Å²) in [5.74, 6) is -0.205. The van der Waals surface area contributed by atoms with E-state index in [1.807, 2.05) is 18.0 Å². The van der Waals surface area contributed by atoms with Crippen LogP contribution in [0.2, 0.25) is 5.02 Å². The lowest BCUT2D eigenvalue weighted by molar-refractivity contribution is 0.0948. The Balaban J connectivity index is 1.83. The van der Waals surface area contributed by atoms with Crippen molar-refractivity contribution in [3.8, 4) is 5.75 Å². The first-order valence-corrected chi connectivity index (χ1v) is 8.49. The summed E-state index contributed by atoms with van der Waals surface area (Å²) in [6.07, 6.45) is 3.42. The third-order valence-corrected chi connectivity index (χ3v) is 4.79. The summed E-state index contributed by atoms with van der Waals surface area (Å²) < 4.78 is 21.3. The number of fused-ring (bicyclic) bond motifs is 2. The van der Waals surface area contributed by atoms with E-state index in [0.717, 1.165) is 5.69 Å². The second kappa shape index (κ2) is 6.49. The largest absolute Gasteiger partial charge is 0.491 e. The molecule has 0 radical (unpaired) electrons. The monoisotopic (exact) mass is 374 g/mol. The van der Waals surface area contributed by atoms with Crippen LogP contribution in [0.5, 0.6) is 5.75 Å². The molecule has 0 aliphatic carbocycles. The Labute approximate surface area is 154 Å². The average Bonchev–Trinajstić information content (AvgIpc) is 3.06. The first kappa shape index (κ1) is 16.7. The second-order valence-corrected chi connectivity index (χ2v) is 6.45. The number of benzene rings is 1. The van der Waals surface area contributed by atoms with Gasteiger partial charge in [0, 0.05) is 25.4 Å². The third kappa shape index (κ3) is 2.84. The van der Waals surface area contributed by atoms with E-state index in [0.29, 0.717) is 35.5 Å². The molecule has 0 fully saturated rings. The summed E-state index contributed by atoms with van der Waals surface area (Å²) in [6.45, 7) is 0.895. The van der Waals surface area contributed by atoms with Crippen LogP contribution in [0.4, 0.5) is 10.1 Å². The maximum Gasteiger partial charge on any atom is 0.253 e. The molecule has 3 aromatic rings. The summed E-state index contributed by atoms with van der Waals surface area (Å²) in [5.41, 5.74) is 2.55. The Morgan fingerprint density at radius 1 is 1.35 bits per heavy atom. The van der Waals surface area contributed by atoms with Gasteiger partial charge < -0.3 is 15.0 Å². The zero-order chi connectivity index (χ0) is 18.3. The highest BCUT2D eigenvalue weighted by atomic mass is 35.5. The predicted molar refractivity (Wildman–Crippen MR) is 96.5 cm³/mol. The van der Waals surface area contributed by atoms with E-state index < -0.39 is 5.82 Å². The van der Waals surface area contributed by atoms with Crippen molar-refractivity contribution >= 4 is 28.7 Å². The van der Waals surface area contributed by atoms with E-state index in [4.69, 9.17) is 16.3 Å². The van der Waals surface area contributed by atoms with Crippen LogP contribution < -0.4 is 15.0 Å². The van der Waals surface area contributed by atoms with Crippen molar-refractivity contribution in [3.63, 3.8) is 0 Å². The van der Waals surface area contributed by atoms with Gasteiger partial charge in [0.15, 0.2) is 0 Å². The van der Waals surface area contributed by atoms with Crippen molar-refractivity contribution in [3.05, 3.63) is 58.6 Å². The lowest BCUT2D eigenvalue weighted by atomic mass is 10.1. The van der Waals surface area contributed by atoms with Crippen LogP contribution in [0.25, 0.3) is 5.52 Å². The van der Waals surface area contributed by atoms with Crippen LogP contribution in [-0.4, -0.2) is 35.7 Å². The van der Waals surface area contributed by atoms with Gasteiger partial charge >= 0.3 is 0 Å². The fourth-order valence-electron chi connectivity index (χ4n) is 2.98. The SMILES string of the molecule is CN1Cc2c(ccc(F)c2Cl)OCCNC(=O)c2ccn3ncc1cc23. The van der Waals surface area contributed by atoms with E-state index in [1.165, 1.54) is 6.07 Å². The number of hydrogen-bond donors (Lipinski definition) is 1. The van der Waals surface area contributed by atoms with Crippen molar-refractivity contribution in [1.82, 2.24) is 14.9 Å². The van der Waals surface area contributed by atoms with Gasteiger partial charge in [0.1, 0.15) is 18.2 Å². The van der Waals surface area contributed by atoms with Crippen molar-refractivity contribution in [2.75, 3.05) is 25.1 Å². The molecule has 8 heteroatoms. The lowest BCUT2D eigenvalue weighted by Gasteiger charge is -2.22. The number of anilines is 1. The molecular weight excluding hydrogens is 359 g/mol. The highest BCUT2D eigenvalue weighted by Crippen LogP contribution is 2.32. The topological polar surface area (TPSA) is 58.9 Å². The molecule has 4 rings (SSSR count). The van der Waals surface area contributed by atoms with Crippen LogP contribution in [0.3, 0.4) is 0 Å². The highest BCUT2D eigenvalue weighted by molar-refractivity contribution is 6.31. The number of rotatable bonds is 0.